The lowest BCUT2D eigenvalue weighted by Gasteiger charge is -2.16. The highest BCUT2D eigenvalue weighted by molar-refractivity contribution is 9.10. The molecular weight excluding hydrogens is 456 g/mol. The Hall–Kier alpha value is -0.740. The molecule has 0 radical (unpaired) electrons. The summed E-state index contributed by atoms with van der Waals surface area (Å²) in [6.07, 6.45) is -5.46. The summed E-state index contributed by atoms with van der Waals surface area (Å²) >= 11 is 3.41. The summed E-state index contributed by atoms with van der Waals surface area (Å²) in [5.41, 5.74) is -4.05. The minimum Gasteiger partial charge on any atom is -0.384 e. The number of rotatable bonds is 6. The number of anilines is 1. The number of halogens is 6. The first-order chi connectivity index (χ1) is 11.3. The van der Waals surface area contributed by atoms with E-state index in [1.54, 1.807) is 0 Å². The highest BCUT2D eigenvalue weighted by Crippen LogP contribution is 2.63. The second-order valence-corrected chi connectivity index (χ2v) is 8.62. The van der Waals surface area contributed by atoms with Gasteiger partial charge in [-0.1, -0.05) is 12.1 Å². The Balaban J connectivity index is 2.33. The minimum absolute atomic E-state index is 0.0294. The van der Waals surface area contributed by atoms with Crippen LogP contribution in [0.4, 0.5) is 27.6 Å². The molecule has 4 nitrogen and oxygen atoms in total. The van der Waals surface area contributed by atoms with Crippen molar-refractivity contribution in [3.63, 3.8) is 0 Å². The fourth-order valence-electron chi connectivity index (χ4n) is 2.07. The molecule has 0 unspecified atom stereocenters. The van der Waals surface area contributed by atoms with Gasteiger partial charge in [-0.3, -0.25) is 4.57 Å². The fraction of sp³-hybridized carbons (Fsp3) is 0.385. The molecule has 0 bridgehead atoms. The Kier molecular flexibility index (Phi) is 5.85. The second-order valence-electron chi connectivity index (χ2n) is 5.16. The topological polar surface area (TPSA) is 69.6 Å². The standard InChI is InChI=1S/C13H12BrF5NO3PS/c14-9-7-3-1-4-8(20-6-2-5-12(15,16)17)10(7)25-11(9)13(18,19)24(21,22)23/h1,3-4,20H,2,5-6H2,(H2,21,22,23). The molecule has 25 heavy (non-hydrogen) atoms. The van der Waals surface area contributed by atoms with Crippen molar-refractivity contribution in [2.75, 3.05) is 11.9 Å². The van der Waals surface area contributed by atoms with Crippen LogP contribution in [0.5, 0.6) is 0 Å². The first-order valence-corrected chi connectivity index (χ1v) is 10.0. The SMILES string of the molecule is O=P(O)(O)C(F)(F)c1sc2c(NCCCC(F)(F)F)cccc2c1Br. The predicted octanol–water partition coefficient (Wildman–Crippen LogP) is 5.65. The number of nitrogens with one attached hydrogen (secondary N) is 1. The van der Waals surface area contributed by atoms with Gasteiger partial charge in [0.05, 0.1) is 10.4 Å². The van der Waals surface area contributed by atoms with Crippen LogP contribution in [0, 0.1) is 0 Å². The molecule has 12 heteroatoms. The molecule has 0 atom stereocenters. The Bertz CT molecular complexity index is 820. The minimum atomic E-state index is -5.73. The molecule has 0 aliphatic rings. The third kappa shape index (κ3) is 4.51. The van der Waals surface area contributed by atoms with Gasteiger partial charge >= 0.3 is 19.4 Å². The van der Waals surface area contributed by atoms with Crippen LogP contribution >= 0.6 is 34.9 Å². The van der Waals surface area contributed by atoms with Crippen LogP contribution in [-0.4, -0.2) is 22.5 Å². The van der Waals surface area contributed by atoms with E-state index < -0.39 is 30.7 Å². The Morgan fingerprint density at radius 3 is 2.40 bits per heavy atom. The van der Waals surface area contributed by atoms with Crippen molar-refractivity contribution in [2.24, 2.45) is 0 Å². The zero-order chi connectivity index (χ0) is 19.0. The van der Waals surface area contributed by atoms with E-state index in [4.69, 9.17) is 9.79 Å². The first kappa shape index (κ1) is 20.6. The van der Waals surface area contributed by atoms with Gasteiger partial charge in [0, 0.05) is 22.8 Å². The first-order valence-electron chi connectivity index (χ1n) is 6.80. The number of hydrogen-bond donors (Lipinski definition) is 3. The van der Waals surface area contributed by atoms with Crippen LogP contribution in [0.1, 0.15) is 17.7 Å². The van der Waals surface area contributed by atoms with E-state index in [9.17, 15) is 26.5 Å². The average molecular weight is 468 g/mol. The maximum absolute atomic E-state index is 14.0. The number of alkyl halides is 5. The summed E-state index contributed by atoms with van der Waals surface area (Å²) < 4.78 is 75.6. The molecule has 0 aliphatic carbocycles. The van der Waals surface area contributed by atoms with Gasteiger partial charge < -0.3 is 15.1 Å². The highest BCUT2D eigenvalue weighted by atomic mass is 79.9. The molecule has 0 fully saturated rings. The maximum atomic E-state index is 14.0. The quantitative estimate of drug-likeness (QED) is 0.292. The molecule has 1 aromatic carbocycles. The van der Waals surface area contributed by atoms with Crippen molar-refractivity contribution in [2.45, 2.75) is 24.7 Å². The van der Waals surface area contributed by atoms with Crippen molar-refractivity contribution in [1.82, 2.24) is 0 Å². The monoisotopic (exact) mass is 467 g/mol. The Morgan fingerprint density at radius 1 is 1.20 bits per heavy atom. The number of thiophene rings is 1. The van der Waals surface area contributed by atoms with Crippen LogP contribution in [0.25, 0.3) is 10.1 Å². The van der Waals surface area contributed by atoms with E-state index >= 15 is 0 Å². The van der Waals surface area contributed by atoms with Gasteiger partial charge in [0.15, 0.2) is 0 Å². The smallest absolute Gasteiger partial charge is 0.384 e. The van der Waals surface area contributed by atoms with Crippen LogP contribution in [0.3, 0.4) is 0 Å². The second kappa shape index (κ2) is 7.11. The molecule has 1 aromatic heterocycles. The van der Waals surface area contributed by atoms with Gasteiger partial charge in [-0.2, -0.15) is 22.0 Å². The number of benzene rings is 1. The molecule has 0 spiro atoms. The van der Waals surface area contributed by atoms with Crippen molar-refractivity contribution in [3.05, 3.63) is 27.5 Å². The molecule has 3 N–H and O–H groups in total. The van der Waals surface area contributed by atoms with Gasteiger partial charge in [0.2, 0.25) is 0 Å². The zero-order valence-corrected chi connectivity index (χ0v) is 15.6. The summed E-state index contributed by atoms with van der Waals surface area (Å²) in [5, 5.41) is 3.03. The van der Waals surface area contributed by atoms with Crippen LogP contribution in [0.15, 0.2) is 22.7 Å². The molecule has 140 valence electrons. The Labute approximate surface area is 151 Å². The van der Waals surface area contributed by atoms with Crippen LogP contribution < -0.4 is 5.32 Å². The number of fused-ring (bicyclic) bond motifs is 1. The van der Waals surface area contributed by atoms with E-state index in [0.717, 1.165) is 0 Å². The highest BCUT2D eigenvalue weighted by Gasteiger charge is 2.53. The molecule has 0 aliphatic heterocycles. The van der Waals surface area contributed by atoms with E-state index in [1.165, 1.54) is 18.2 Å². The summed E-state index contributed by atoms with van der Waals surface area (Å²) in [5.74, 6) is 0. The van der Waals surface area contributed by atoms with Crippen molar-refractivity contribution >= 4 is 50.6 Å². The van der Waals surface area contributed by atoms with Crippen molar-refractivity contribution in [3.8, 4) is 0 Å². The largest absolute Gasteiger partial charge is 0.400 e. The van der Waals surface area contributed by atoms with E-state index in [1.807, 2.05) is 0 Å². The van der Waals surface area contributed by atoms with Crippen LogP contribution in [-0.2, 0) is 10.2 Å². The molecule has 2 aromatic rings. The van der Waals surface area contributed by atoms with E-state index in [2.05, 4.69) is 21.2 Å². The molecule has 0 saturated carbocycles. The van der Waals surface area contributed by atoms with Gasteiger partial charge in [-0.15, -0.1) is 11.3 Å². The molecule has 2 rings (SSSR count). The third-order valence-electron chi connectivity index (χ3n) is 3.25. The normalized spacial score (nSPS) is 13.4. The zero-order valence-electron chi connectivity index (χ0n) is 12.3. The predicted molar refractivity (Wildman–Crippen MR) is 89.2 cm³/mol. The van der Waals surface area contributed by atoms with Crippen LogP contribution in [0.2, 0.25) is 0 Å². The fourth-order valence-corrected chi connectivity index (χ4v) is 5.10. The van der Waals surface area contributed by atoms with Crippen molar-refractivity contribution < 1.29 is 36.3 Å². The van der Waals surface area contributed by atoms with Crippen molar-refractivity contribution in [1.29, 1.82) is 0 Å². The third-order valence-corrected chi connectivity index (χ3v) is 6.75. The molecule has 0 saturated heterocycles. The average Bonchev–Trinajstić information content (AvgIpc) is 2.80. The lowest BCUT2D eigenvalue weighted by Crippen LogP contribution is -2.12. The number of hydrogen-bond acceptors (Lipinski definition) is 3. The van der Waals surface area contributed by atoms with Gasteiger partial charge in [0.25, 0.3) is 0 Å². The molecular formula is C13H12BrF5NO3PS. The van der Waals surface area contributed by atoms with E-state index in [-0.39, 0.29) is 27.5 Å². The lowest BCUT2D eigenvalue weighted by molar-refractivity contribution is -0.134. The summed E-state index contributed by atoms with van der Waals surface area (Å²) in [7, 11) is -5.73. The molecule has 1 heterocycles. The van der Waals surface area contributed by atoms with Gasteiger partial charge in [-0.25, -0.2) is 0 Å². The molecule has 0 amide bonds. The Morgan fingerprint density at radius 2 is 1.84 bits per heavy atom. The lowest BCUT2D eigenvalue weighted by atomic mass is 10.2. The summed E-state index contributed by atoms with van der Waals surface area (Å²) in [6.45, 7) is -0.0294. The maximum Gasteiger partial charge on any atom is 0.400 e. The summed E-state index contributed by atoms with van der Waals surface area (Å²) in [6, 6.07) is 4.47. The van der Waals surface area contributed by atoms with E-state index in [0.29, 0.717) is 17.0 Å². The summed E-state index contributed by atoms with van der Waals surface area (Å²) in [4.78, 5) is 17.0. The van der Waals surface area contributed by atoms with Gasteiger partial charge in [0.1, 0.15) is 4.88 Å². The van der Waals surface area contributed by atoms with Gasteiger partial charge in [-0.05, 0) is 28.4 Å².